The number of nitrogens with one attached hydrogen (secondary N) is 3. The predicted molar refractivity (Wildman–Crippen MR) is 123 cm³/mol. The van der Waals surface area contributed by atoms with Crippen molar-refractivity contribution >= 4 is 46.8 Å². The first kappa shape index (κ1) is 22.3. The number of nitrogens with two attached hydrogens (primary N) is 1. The second kappa shape index (κ2) is 10.1. The van der Waals surface area contributed by atoms with Gasteiger partial charge >= 0.3 is 0 Å². The van der Waals surface area contributed by atoms with Gasteiger partial charge in [-0.05, 0) is 31.7 Å². The van der Waals surface area contributed by atoms with Crippen LogP contribution in [0.4, 0.5) is 5.95 Å². The van der Waals surface area contributed by atoms with Gasteiger partial charge in [-0.3, -0.25) is 4.79 Å². The number of rotatable bonds is 6. The maximum absolute atomic E-state index is 11.8. The smallest absolute Gasteiger partial charge is 0.223 e. The molecule has 0 spiro atoms. The number of carbonyl (C=O) groups is 1. The Morgan fingerprint density at radius 2 is 2.07 bits per heavy atom. The molecule has 1 saturated carbocycles. The van der Waals surface area contributed by atoms with E-state index in [0.717, 1.165) is 42.1 Å². The number of amides is 1. The molecule has 160 valence electrons. The van der Waals surface area contributed by atoms with Gasteiger partial charge < -0.3 is 21.4 Å². The zero-order valence-corrected chi connectivity index (χ0v) is 18.1. The van der Waals surface area contributed by atoms with E-state index in [4.69, 9.17) is 22.3 Å². The molecule has 2 aromatic heterocycles. The van der Waals surface area contributed by atoms with Crippen molar-refractivity contribution in [3.8, 4) is 11.3 Å². The monoisotopic (exact) mass is 448 g/mol. The highest BCUT2D eigenvalue weighted by atomic mass is 35.5. The molecular formula is C21H26Cl2N6O. The van der Waals surface area contributed by atoms with Crippen molar-refractivity contribution in [1.29, 1.82) is 0 Å². The van der Waals surface area contributed by atoms with Crippen LogP contribution in [0.3, 0.4) is 0 Å². The van der Waals surface area contributed by atoms with Crippen LogP contribution in [-0.4, -0.2) is 39.5 Å². The number of para-hydroxylation sites is 1. The summed E-state index contributed by atoms with van der Waals surface area (Å²) in [7, 11) is 0. The highest BCUT2D eigenvalue weighted by Gasteiger charge is 2.24. The topological polar surface area (TPSA) is 109 Å². The van der Waals surface area contributed by atoms with Crippen LogP contribution in [0.5, 0.6) is 0 Å². The van der Waals surface area contributed by atoms with Crippen LogP contribution < -0.4 is 16.4 Å². The summed E-state index contributed by atoms with van der Waals surface area (Å²) in [6, 6.07) is 8.40. The summed E-state index contributed by atoms with van der Waals surface area (Å²) in [4.78, 5) is 24.2. The Morgan fingerprint density at radius 1 is 1.27 bits per heavy atom. The molecule has 0 bridgehead atoms. The van der Waals surface area contributed by atoms with E-state index >= 15 is 0 Å². The van der Waals surface area contributed by atoms with E-state index in [1.54, 1.807) is 6.20 Å². The molecule has 30 heavy (non-hydrogen) atoms. The van der Waals surface area contributed by atoms with Gasteiger partial charge in [0.15, 0.2) is 0 Å². The summed E-state index contributed by atoms with van der Waals surface area (Å²) >= 11 is 6.42. The SMILES string of the molecule is Cl.NCCC(=O)N[C@H]1CCC[C@@H](Nc2ncc(Cl)c(-c3c[nH]c4ccccc34)n2)C1. The van der Waals surface area contributed by atoms with Gasteiger partial charge in [-0.1, -0.05) is 29.8 Å². The van der Waals surface area contributed by atoms with Gasteiger partial charge in [-0.15, -0.1) is 12.4 Å². The molecule has 9 heteroatoms. The lowest BCUT2D eigenvalue weighted by Gasteiger charge is -2.30. The van der Waals surface area contributed by atoms with Crippen LogP contribution >= 0.6 is 24.0 Å². The third-order valence-electron chi connectivity index (χ3n) is 5.33. The predicted octanol–water partition coefficient (Wildman–Crippen LogP) is 3.89. The molecule has 1 fully saturated rings. The number of anilines is 1. The minimum Gasteiger partial charge on any atom is -0.360 e. The van der Waals surface area contributed by atoms with Crippen LogP contribution in [0.15, 0.2) is 36.7 Å². The highest BCUT2D eigenvalue weighted by molar-refractivity contribution is 6.33. The molecule has 1 aliphatic carbocycles. The average molecular weight is 449 g/mol. The lowest BCUT2D eigenvalue weighted by molar-refractivity contribution is -0.121. The molecular weight excluding hydrogens is 423 g/mol. The van der Waals surface area contributed by atoms with Crippen LogP contribution in [0, 0.1) is 0 Å². The molecule has 2 atom stereocenters. The van der Waals surface area contributed by atoms with Gasteiger partial charge in [0.2, 0.25) is 11.9 Å². The van der Waals surface area contributed by atoms with Gasteiger partial charge in [0.1, 0.15) is 0 Å². The van der Waals surface area contributed by atoms with Crippen molar-refractivity contribution in [2.45, 2.75) is 44.2 Å². The van der Waals surface area contributed by atoms with E-state index in [0.29, 0.717) is 29.6 Å². The minimum atomic E-state index is 0. The molecule has 2 heterocycles. The van der Waals surface area contributed by atoms with Crippen molar-refractivity contribution in [3.05, 3.63) is 41.7 Å². The van der Waals surface area contributed by atoms with Crippen LogP contribution in [-0.2, 0) is 4.79 Å². The Kier molecular flexibility index (Phi) is 7.53. The molecule has 0 unspecified atom stereocenters. The van der Waals surface area contributed by atoms with Crippen molar-refractivity contribution in [2.24, 2.45) is 5.73 Å². The molecule has 4 rings (SSSR count). The summed E-state index contributed by atoms with van der Waals surface area (Å²) in [6.45, 7) is 0.370. The van der Waals surface area contributed by atoms with E-state index in [9.17, 15) is 4.79 Å². The number of halogens is 2. The lowest BCUT2D eigenvalue weighted by atomic mass is 9.91. The van der Waals surface area contributed by atoms with Crippen molar-refractivity contribution in [3.63, 3.8) is 0 Å². The number of fused-ring (bicyclic) bond motifs is 1. The van der Waals surface area contributed by atoms with Crippen molar-refractivity contribution in [2.75, 3.05) is 11.9 Å². The zero-order chi connectivity index (χ0) is 20.2. The normalized spacial score (nSPS) is 18.6. The summed E-state index contributed by atoms with van der Waals surface area (Å²) in [5.74, 6) is 0.566. The number of H-pyrrole nitrogens is 1. The Balaban J connectivity index is 0.00000256. The third-order valence-corrected chi connectivity index (χ3v) is 5.61. The Morgan fingerprint density at radius 3 is 2.90 bits per heavy atom. The Bertz CT molecular complexity index is 1010. The zero-order valence-electron chi connectivity index (χ0n) is 16.5. The summed E-state index contributed by atoms with van der Waals surface area (Å²) in [5, 5.41) is 8.08. The van der Waals surface area contributed by atoms with E-state index in [1.807, 2.05) is 30.5 Å². The standard InChI is InChI=1S/C21H25ClN6O.ClH/c22-17-12-25-21(27-14-5-3-4-13(10-14)26-19(29)8-9-23)28-20(17)16-11-24-18-7-2-1-6-15(16)18;/h1-2,6-7,11-14,24H,3-5,8-10,23H2,(H,26,29)(H,25,27,28);1H/t13-,14+;/m0./s1. The summed E-state index contributed by atoms with van der Waals surface area (Å²) in [5.41, 5.74) is 8.15. The van der Waals surface area contributed by atoms with Crippen LogP contribution in [0.1, 0.15) is 32.1 Å². The number of carbonyl (C=O) groups excluding carboxylic acids is 1. The maximum Gasteiger partial charge on any atom is 0.223 e. The summed E-state index contributed by atoms with van der Waals surface area (Å²) < 4.78 is 0. The largest absolute Gasteiger partial charge is 0.360 e. The molecule has 5 N–H and O–H groups in total. The summed E-state index contributed by atoms with van der Waals surface area (Å²) in [6.07, 6.45) is 7.79. The number of aromatic nitrogens is 3. The number of benzene rings is 1. The van der Waals surface area contributed by atoms with E-state index in [-0.39, 0.29) is 30.4 Å². The van der Waals surface area contributed by atoms with Crippen LogP contribution in [0.2, 0.25) is 5.02 Å². The Hall–Kier alpha value is -2.35. The number of hydrogen-bond acceptors (Lipinski definition) is 5. The van der Waals surface area contributed by atoms with Gasteiger partial charge in [0.25, 0.3) is 0 Å². The molecule has 1 amide bonds. The first-order chi connectivity index (χ1) is 14.1. The van der Waals surface area contributed by atoms with Crippen molar-refractivity contribution in [1.82, 2.24) is 20.3 Å². The molecule has 1 aliphatic rings. The average Bonchev–Trinajstić information content (AvgIpc) is 3.14. The van der Waals surface area contributed by atoms with Gasteiger partial charge in [-0.25, -0.2) is 9.97 Å². The molecule has 1 aromatic carbocycles. The first-order valence-electron chi connectivity index (χ1n) is 9.99. The van der Waals surface area contributed by atoms with E-state index in [1.165, 1.54) is 0 Å². The van der Waals surface area contributed by atoms with Gasteiger partial charge in [-0.2, -0.15) is 0 Å². The maximum atomic E-state index is 11.8. The molecule has 0 aliphatic heterocycles. The minimum absolute atomic E-state index is 0. The fourth-order valence-electron chi connectivity index (χ4n) is 3.96. The number of hydrogen-bond donors (Lipinski definition) is 4. The fourth-order valence-corrected chi connectivity index (χ4v) is 4.15. The van der Waals surface area contributed by atoms with E-state index in [2.05, 4.69) is 20.6 Å². The van der Waals surface area contributed by atoms with E-state index < -0.39 is 0 Å². The Labute approximate surface area is 186 Å². The second-order valence-corrected chi connectivity index (χ2v) is 7.86. The lowest BCUT2D eigenvalue weighted by Crippen LogP contribution is -2.42. The number of nitrogens with zero attached hydrogens (tertiary/aromatic N) is 2. The molecule has 0 saturated heterocycles. The molecule has 3 aromatic rings. The second-order valence-electron chi connectivity index (χ2n) is 7.45. The molecule has 7 nitrogen and oxygen atoms in total. The quantitative estimate of drug-likeness (QED) is 0.457. The highest BCUT2D eigenvalue weighted by Crippen LogP contribution is 2.32. The number of aromatic amines is 1. The first-order valence-corrected chi connectivity index (χ1v) is 10.4. The molecule has 0 radical (unpaired) electrons. The van der Waals surface area contributed by atoms with Crippen LogP contribution in [0.25, 0.3) is 22.2 Å². The van der Waals surface area contributed by atoms with Gasteiger partial charge in [0, 0.05) is 47.7 Å². The third kappa shape index (κ3) is 5.03. The fraction of sp³-hybridized carbons (Fsp3) is 0.381. The van der Waals surface area contributed by atoms with Gasteiger partial charge in [0.05, 0.1) is 16.9 Å². The van der Waals surface area contributed by atoms with Crippen molar-refractivity contribution < 1.29 is 4.79 Å².